The maximum absolute atomic E-state index is 13.0. The second-order valence-corrected chi connectivity index (χ2v) is 8.34. The Labute approximate surface area is 177 Å². The third-order valence-electron chi connectivity index (χ3n) is 5.98. The van der Waals surface area contributed by atoms with Gasteiger partial charge in [0.15, 0.2) is 0 Å². The molecule has 30 heavy (non-hydrogen) atoms. The van der Waals surface area contributed by atoms with Crippen LogP contribution in [-0.2, 0) is 0 Å². The van der Waals surface area contributed by atoms with Gasteiger partial charge in [-0.15, -0.1) is 0 Å². The van der Waals surface area contributed by atoms with E-state index in [1.54, 1.807) is 17.6 Å². The van der Waals surface area contributed by atoms with E-state index in [9.17, 15) is 4.79 Å². The van der Waals surface area contributed by atoms with Gasteiger partial charge in [-0.3, -0.25) is 14.1 Å². The van der Waals surface area contributed by atoms with E-state index in [2.05, 4.69) is 30.9 Å². The number of hydrogen-bond acceptors (Lipinski definition) is 4. The quantitative estimate of drug-likeness (QED) is 0.644. The first kappa shape index (κ1) is 20.4. The standard InChI is InChI=1S/C25H29N3O2/c1-16(2)27-10-8-19(9-11-27)21-13-18(4)25-26-22(14-24(29)28(25)15-21)20-6-7-23(30-5)17(3)12-20/h6-8,12-16H,9-11H2,1-5H3. The molecule has 0 N–H and O–H groups in total. The largest absolute Gasteiger partial charge is 0.496 e. The minimum atomic E-state index is -0.0614. The average molecular weight is 404 g/mol. The molecule has 3 aromatic rings. The van der Waals surface area contributed by atoms with Crippen molar-refractivity contribution in [2.24, 2.45) is 0 Å². The Morgan fingerprint density at radius 2 is 1.83 bits per heavy atom. The highest BCUT2D eigenvalue weighted by atomic mass is 16.5. The number of pyridine rings is 1. The molecule has 0 aliphatic carbocycles. The molecule has 0 unspecified atom stereocenters. The van der Waals surface area contributed by atoms with Crippen molar-refractivity contribution in [3.63, 3.8) is 0 Å². The van der Waals surface area contributed by atoms with Crippen LogP contribution < -0.4 is 10.3 Å². The molecule has 0 spiro atoms. The van der Waals surface area contributed by atoms with Crippen molar-refractivity contribution >= 4 is 11.2 Å². The molecule has 0 atom stereocenters. The van der Waals surface area contributed by atoms with Gasteiger partial charge in [-0.1, -0.05) is 6.08 Å². The van der Waals surface area contributed by atoms with E-state index >= 15 is 0 Å². The van der Waals surface area contributed by atoms with Crippen molar-refractivity contribution in [3.8, 4) is 17.0 Å². The molecule has 5 heteroatoms. The molecule has 0 amide bonds. The maximum Gasteiger partial charge on any atom is 0.258 e. The number of nitrogens with zero attached hydrogens (tertiary/aromatic N) is 3. The van der Waals surface area contributed by atoms with Crippen LogP contribution >= 0.6 is 0 Å². The Bertz CT molecular complexity index is 1190. The first-order chi connectivity index (χ1) is 14.4. The zero-order chi connectivity index (χ0) is 21.4. The summed E-state index contributed by atoms with van der Waals surface area (Å²) in [6.07, 6.45) is 5.23. The van der Waals surface area contributed by atoms with Gasteiger partial charge in [0.2, 0.25) is 0 Å². The molecule has 0 fully saturated rings. The molecular formula is C25H29N3O2. The Hall–Kier alpha value is -2.92. The molecule has 0 saturated carbocycles. The molecule has 1 aromatic carbocycles. The summed E-state index contributed by atoms with van der Waals surface area (Å²) in [7, 11) is 1.66. The van der Waals surface area contributed by atoms with Crippen molar-refractivity contribution < 1.29 is 4.74 Å². The van der Waals surface area contributed by atoms with E-state index < -0.39 is 0 Å². The van der Waals surface area contributed by atoms with Crippen molar-refractivity contribution in [3.05, 3.63) is 69.6 Å². The van der Waals surface area contributed by atoms with Gasteiger partial charge < -0.3 is 4.74 Å². The summed E-state index contributed by atoms with van der Waals surface area (Å²) in [5.41, 5.74) is 6.68. The molecular weight excluding hydrogens is 374 g/mol. The van der Waals surface area contributed by atoms with E-state index in [1.807, 2.05) is 38.2 Å². The third-order valence-corrected chi connectivity index (χ3v) is 5.98. The molecule has 156 valence electrons. The van der Waals surface area contributed by atoms with E-state index in [-0.39, 0.29) is 5.56 Å². The number of methoxy groups -OCH3 is 1. The third kappa shape index (κ3) is 3.77. The van der Waals surface area contributed by atoms with Gasteiger partial charge in [0.05, 0.1) is 12.8 Å². The SMILES string of the molecule is COc1ccc(-c2cc(=O)n3cc(C4=CCN(C(C)C)CC4)cc(C)c3n2)cc1C. The second-order valence-electron chi connectivity index (χ2n) is 8.34. The summed E-state index contributed by atoms with van der Waals surface area (Å²) in [6, 6.07) is 10.2. The molecule has 1 aliphatic rings. The number of rotatable bonds is 4. The zero-order valence-electron chi connectivity index (χ0n) is 18.4. The Morgan fingerprint density at radius 1 is 1.07 bits per heavy atom. The van der Waals surface area contributed by atoms with Crippen LogP contribution in [0.1, 0.15) is 37.0 Å². The summed E-state index contributed by atoms with van der Waals surface area (Å²) in [5, 5.41) is 0. The lowest BCUT2D eigenvalue weighted by Crippen LogP contribution is -2.34. The smallest absolute Gasteiger partial charge is 0.258 e. The topological polar surface area (TPSA) is 46.8 Å². The lowest BCUT2D eigenvalue weighted by Gasteiger charge is -2.29. The first-order valence-electron chi connectivity index (χ1n) is 10.5. The second kappa shape index (κ2) is 8.07. The van der Waals surface area contributed by atoms with Gasteiger partial charge >= 0.3 is 0 Å². The molecule has 0 bridgehead atoms. The van der Waals surface area contributed by atoms with Crippen molar-refractivity contribution in [1.29, 1.82) is 0 Å². The van der Waals surface area contributed by atoms with Crippen LogP contribution in [0.15, 0.2) is 47.4 Å². The summed E-state index contributed by atoms with van der Waals surface area (Å²) in [6.45, 7) is 10.5. The van der Waals surface area contributed by atoms with Gasteiger partial charge in [0.25, 0.3) is 5.56 Å². The molecule has 3 heterocycles. The highest BCUT2D eigenvalue weighted by molar-refractivity contribution is 5.70. The van der Waals surface area contributed by atoms with E-state index in [0.717, 1.165) is 47.5 Å². The van der Waals surface area contributed by atoms with Gasteiger partial charge in [0.1, 0.15) is 11.4 Å². The molecule has 4 rings (SSSR count). The number of aromatic nitrogens is 2. The van der Waals surface area contributed by atoms with Crippen LogP contribution in [0.4, 0.5) is 0 Å². The van der Waals surface area contributed by atoms with E-state index in [1.165, 1.54) is 5.57 Å². The van der Waals surface area contributed by atoms with Crippen molar-refractivity contribution in [1.82, 2.24) is 14.3 Å². The Morgan fingerprint density at radius 3 is 2.47 bits per heavy atom. The van der Waals surface area contributed by atoms with E-state index in [0.29, 0.717) is 17.4 Å². The summed E-state index contributed by atoms with van der Waals surface area (Å²) in [4.78, 5) is 20.3. The van der Waals surface area contributed by atoms with Crippen LogP contribution in [0.5, 0.6) is 5.75 Å². The summed E-state index contributed by atoms with van der Waals surface area (Å²) < 4.78 is 7.03. The fourth-order valence-electron chi connectivity index (χ4n) is 4.15. The number of aryl methyl sites for hydroxylation is 2. The molecule has 0 radical (unpaired) electrons. The highest BCUT2D eigenvalue weighted by Gasteiger charge is 2.17. The molecule has 2 aromatic heterocycles. The monoisotopic (exact) mass is 403 g/mol. The van der Waals surface area contributed by atoms with Gasteiger partial charge in [0, 0.05) is 37.0 Å². The number of fused-ring (bicyclic) bond motifs is 1. The van der Waals surface area contributed by atoms with Crippen LogP contribution in [0.25, 0.3) is 22.5 Å². The number of benzene rings is 1. The fraction of sp³-hybridized carbons (Fsp3) is 0.360. The Kier molecular flexibility index (Phi) is 5.48. The van der Waals surface area contributed by atoms with Crippen molar-refractivity contribution in [2.75, 3.05) is 20.2 Å². The molecule has 1 aliphatic heterocycles. The molecule has 5 nitrogen and oxygen atoms in total. The normalized spacial score (nSPS) is 14.9. The van der Waals surface area contributed by atoms with Crippen LogP contribution in [-0.4, -0.2) is 40.5 Å². The fourth-order valence-corrected chi connectivity index (χ4v) is 4.15. The Balaban J connectivity index is 1.75. The van der Waals surface area contributed by atoms with Gasteiger partial charge in [-0.2, -0.15) is 0 Å². The zero-order valence-corrected chi connectivity index (χ0v) is 18.4. The maximum atomic E-state index is 13.0. The molecule has 0 saturated heterocycles. The predicted octanol–water partition coefficient (Wildman–Crippen LogP) is 4.48. The minimum Gasteiger partial charge on any atom is -0.496 e. The average Bonchev–Trinajstić information content (AvgIpc) is 2.74. The summed E-state index contributed by atoms with van der Waals surface area (Å²) in [5.74, 6) is 0.828. The highest BCUT2D eigenvalue weighted by Crippen LogP contribution is 2.27. The van der Waals surface area contributed by atoms with Crippen LogP contribution in [0.3, 0.4) is 0 Å². The van der Waals surface area contributed by atoms with Gasteiger partial charge in [-0.25, -0.2) is 4.98 Å². The number of hydrogen-bond donors (Lipinski definition) is 0. The van der Waals surface area contributed by atoms with Gasteiger partial charge in [-0.05, 0) is 80.6 Å². The van der Waals surface area contributed by atoms with Crippen LogP contribution in [0, 0.1) is 13.8 Å². The van der Waals surface area contributed by atoms with Crippen LogP contribution in [0.2, 0.25) is 0 Å². The lowest BCUT2D eigenvalue weighted by molar-refractivity contribution is 0.245. The minimum absolute atomic E-state index is 0.0614. The summed E-state index contributed by atoms with van der Waals surface area (Å²) >= 11 is 0. The van der Waals surface area contributed by atoms with E-state index in [4.69, 9.17) is 9.72 Å². The first-order valence-corrected chi connectivity index (χ1v) is 10.5. The number of ether oxygens (including phenoxy) is 1. The predicted molar refractivity (Wildman–Crippen MR) is 122 cm³/mol. The lowest BCUT2D eigenvalue weighted by atomic mass is 9.99. The van der Waals surface area contributed by atoms with Crippen molar-refractivity contribution in [2.45, 2.75) is 40.2 Å².